The Morgan fingerprint density at radius 2 is 1.79 bits per heavy atom. The summed E-state index contributed by atoms with van der Waals surface area (Å²) in [5, 5.41) is 12.5. The number of nitrogens with zero attached hydrogens (tertiary/aromatic N) is 1. The molecule has 0 saturated heterocycles. The fourth-order valence-corrected chi connectivity index (χ4v) is 3.22. The Hall–Kier alpha value is -2.82. The number of benzene rings is 3. The predicted molar refractivity (Wildman–Crippen MR) is 114 cm³/mol. The summed E-state index contributed by atoms with van der Waals surface area (Å²) in [7, 11) is 0. The van der Waals surface area contributed by atoms with E-state index < -0.39 is 0 Å². The van der Waals surface area contributed by atoms with Crippen molar-refractivity contribution in [3.63, 3.8) is 0 Å². The number of aromatic nitrogens is 2. The van der Waals surface area contributed by atoms with Crippen molar-refractivity contribution >= 4 is 22.5 Å². The first kappa shape index (κ1) is 18.5. The van der Waals surface area contributed by atoms with Crippen molar-refractivity contribution in [2.24, 2.45) is 0 Å². The molecule has 4 rings (SSSR count). The smallest absolute Gasteiger partial charge is 0.120 e. The number of aromatic amines is 1. The first-order chi connectivity index (χ1) is 13.8. The van der Waals surface area contributed by atoms with Gasteiger partial charge in [-0.15, -0.1) is 0 Å². The average molecular weight is 392 g/mol. The van der Waals surface area contributed by atoms with Crippen molar-refractivity contribution in [2.75, 3.05) is 6.54 Å². The van der Waals surface area contributed by atoms with Crippen LogP contribution in [0.25, 0.3) is 10.9 Å². The van der Waals surface area contributed by atoms with Gasteiger partial charge in [0.15, 0.2) is 0 Å². The van der Waals surface area contributed by atoms with Crippen molar-refractivity contribution in [1.82, 2.24) is 15.5 Å². The van der Waals surface area contributed by atoms with E-state index in [9.17, 15) is 0 Å². The highest BCUT2D eigenvalue weighted by molar-refractivity contribution is 6.30. The predicted octanol–water partition coefficient (Wildman–Crippen LogP) is 5.13. The Balaban J connectivity index is 1.25. The third-order valence-electron chi connectivity index (χ3n) is 4.64. The summed E-state index contributed by atoms with van der Waals surface area (Å²) in [6.45, 7) is 2.25. The molecule has 28 heavy (non-hydrogen) atoms. The van der Waals surface area contributed by atoms with Gasteiger partial charge in [-0.2, -0.15) is 5.10 Å². The van der Waals surface area contributed by atoms with Gasteiger partial charge in [0.2, 0.25) is 0 Å². The molecule has 0 amide bonds. The maximum absolute atomic E-state index is 5.92. The van der Waals surface area contributed by atoms with Gasteiger partial charge < -0.3 is 10.1 Å². The molecule has 0 saturated carbocycles. The number of H-pyrrole nitrogens is 1. The van der Waals surface area contributed by atoms with Crippen LogP contribution in [0.15, 0.2) is 72.9 Å². The molecule has 0 unspecified atom stereocenters. The number of halogens is 1. The van der Waals surface area contributed by atoms with Crippen LogP contribution in [0.4, 0.5) is 0 Å². The van der Waals surface area contributed by atoms with Gasteiger partial charge >= 0.3 is 0 Å². The second kappa shape index (κ2) is 8.91. The van der Waals surface area contributed by atoms with Gasteiger partial charge in [0.25, 0.3) is 0 Å². The minimum absolute atomic E-state index is 0.532. The zero-order valence-corrected chi connectivity index (χ0v) is 16.2. The zero-order chi connectivity index (χ0) is 19.2. The van der Waals surface area contributed by atoms with Crippen LogP contribution in [0.5, 0.6) is 5.75 Å². The molecular formula is C23H22ClN3O. The fourth-order valence-electron chi connectivity index (χ4n) is 3.10. The summed E-state index contributed by atoms with van der Waals surface area (Å²) < 4.78 is 5.90. The minimum atomic E-state index is 0.532. The van der Waals surface area contributed by atoms with Crippen LogP contribution in [-0.4, -0.2) is 16.7 Å². The monoisotopic (exact) mass is 391 g/mol. The van der Waals surface area contributed by atoms with Crippen molar-refractivity contribution < 1.29 is 4.74 Å². The highest BCUT2D eigenvalue weighted by Gasteiger charge is 2.01. The van der Waals surface area contributed by atoms with Gasteiger partial charge in [-0.3, -0.25) is 5.10 Å². The van der Waals surface area contributed by atoms with Gasteiger partial charge in [-0.25, -0.2) is 0 Å². The number of rotatable bonds is 8. The Labute approximate surface area is 169 Å². The summed E-state index contributed by atoms with van der Waals surface area (Å²) >= 11 is 5.92. The highest BCUT2D eigenvalue weighted by atomic mass is 35.5. The molecule has 0 aliphatic rings. The first-order valence-corrected chi connectivity index (χ1v) is 9.73. The molecule has 3 aromatic carbocycles. The molecule has 0 bridgehead atoms. The van der Waals surface area contributed by atoms with Crippen molar-refractivity contribution in [1.29, 1.82) is 0 Å². The van der Waals surface area contributed by atoms with Crippen LogP contribution in [0.1, 0.15) is 16.7 Å². The maximum Gasteiger partial charge on any atom is 0.120 e. The zero-order valence-electron chi connectivity index (χ0n) is 15.5. The normalized spacial score (nSPS) is 11.0. The third-order valence-corrected chi connectivity index (χ3v) is 4.90. The number of hydrogen-bond donors (Lipinski definition) is 2. The Kier molecular flexibility index (Phi) is 5.90. The topological polar surface area (TPSA) is 49.9 Å². The maximum atomic E-state index is 5.92. The van der Waals surface area contributed by atoms with Gasteiger partial charge in [-0.1, -0.05) is 48.0 Å². The van der Waals surface area contributed by atoms with Crippen molar-refractivity contribution in [3.8, 4) is 5.75 Å². The summed E-state index contributed by atoms with van der Waals surface area (Å²) in [6, 6.07) is 22.4. The van der Waals surface area contributed by atoms with Crippen LogP contribution in [0.3, 0.4) is 0 Å². The summed E-state index contributed by atoms with van der Waals surface area (Å²) in [6.07, 6.45) is 2.82. The van der Waals surface area contributed by atoms with E-state index in [1.807, 2.05) is 42.6 Å². The first-order valence-electron chi connectivity index (χ1n) is 9.35. The number of nitrogens with one attached hydrogen (secondary N) is 2. The van der Waals surface area contributed by atoms with E-state index in [0.29, 0.717) is 6.61 Å². The van der Waals surface area contributed by atoms with Crippen molar-refractivity contribution in [2.45, 2.75) is 19.6 Å². The van der Waals surface area contributed by atoms with Gasteiger partial charge in [0, 0.05) is 17.0 Å². The third kappa shape index (κ3) is 4.91. The molecule has 5 heteroatoms. The molecule has 4 nitrogen and oxygen atoms in total. The lowest BCUT2D eigenvalue weighted by Gasteiger charge is -2.09. The van der Waals surface area contributed by atoms with Gasteiger partial charge in [0.1, 0.15) is 12.4 Å². The molecule has 2 N–H and O–H groups in total. The summed E-state index contributed by atoms with van der Waals surface area (Å²) in [5.41, 5.74) is 4.69. The van der Waals surface area contributed by atoms with Crippen LogP contribution < -0.4 is 10.1 Å². The number of hydrogen-bond acceptors (Lipinski definition) is 3. The lowest BCUT2D eigenvalue weighted by atomic mass is 10.1. The van der Waals surface area contributed by atoms with E-state index in [1.165, 1.54) is 11.1 Å². The van der Waals surface area contributed by atoms with E-state index >= 15 is 0 Å². The number of ether oxygens (including phenoxy) is 1. The van der Waals surface area contributed by atoms with E-state index in [2.05, 4.69) is 45.8 Å². The average Bonchev–Trinajstić information content (AvgIpc) is 3.19. The fraction of sp³-hybridized carbons (Fsp3) is 0.174. The van der Waals surface area contributed by atoms with E-state index in [4.69, 9.17) is 16.3 Å². The second-order valence-corrected chi connectivity index (χ2v) is 7.22. The van der Waals surface area contributed by atoms with Crippen LogP contribution in [-0.2, 0) is 19.6 Å². The molecule has 4 aromatic rings. The van der Waals surface area contributed by atoms with E-state index in [1.54, 1.807) is 0 Å². The largest absolute Gasteiger partial charge is 0.489 e. The molecule has 0 radical (unpaired) electrons. The summed E-state index contributed by atoms with van der Waals surface area (Å²) in [4.78, 5) is 0. The van der Waals surface area contributed by atoms with E-state index in [0.717, 1.165) is 46.7 Å². The second-order valence-electron chi connectivity index (χ2n) is 6.78. The molecule has 0 aliphatic carbocycles. The summed E-state index contributed by atoms with van der Waals surface area (Å²) in [5.74, 6) is 0.874. The quantitative estimate of drug-likeness (QED) is 0.409. The Bertz CT molecular complexity index is 1040. The Morgan fingerprint density at radius 1 is 0.929 bits per heavy atom. The van der Waals surface area contributed by atoms with Crippen LogP contribution >= 0.6 is 11.6 Å². The van der Waals surface area contributed by atoms with Crippen LogP contribution in [0, 0.1) is 0 Å². The van der Waals surface area contributed by atoms with Gasteiger partial charge in [0.05, 0.1) is 11.7 Å². The molecule has 0 spiro atoms. The molecule has 142 valence electrons. The highest BCUT2D eigenvalue weighted by Crippen LogP contribution is 2.17. The lowest BCUT2D eigenvalue weighted by molar-refractivity contribution is 0.306. The van der Waals surface area contributed by atoms with E-state index in [-0.39, 0.29) is 0 Å². The molecular weight excluding hydrogens is 370 g/mol. The van der Waals surface area contributed by atoms with Gasteiger partial charge in [-0.05, 0) is 60.0 Å². The minimum Gasteiger partial charge on any atom is -0.489 e. The standard InChI is InChI=1S/C23H22ClN3O/c24-21-8-5-18(6-9-21)16-28-22-3-1-2-19(12-22)14-25-11-10-17-4-7-20-15-26-27-23(20)13-17/h1-9,12-13,15,25H,10-11,14,16H2,(H,26,27). The van der Waals surface area contributed by atoms with Crippen molar-refractivity contribution in [3.05, 3.63) is 94.6 Å². The van der Waals surface area contributed by atoms with Crippen LogP contribution in [0.2, 0.25) is 5.02 Å². The molecule has 1 aromatic heterocycles. The Morgan fingerprint density at radius 3 is 2.68 bits per heavy atom. The molecule has 1 heterocycles. The molecule has 0 aliphatic heterocycles. The molecule has 0 fully saturated rings. The lowest BCUT2D eigenvalue weighted by Crippen LogP contribution is -2.16. The SMILES string of the molecule is Clc1ccc(COc2cccc(CNCCc3ccc4cn[nH]c4c3)c2)cc1. The molecule has 0 atom stereocenters. The number of fused-ring (bicyclic) bond motifs is 1.